The standard InChI is InChI=1S/Ni.H2O3Se/c;1-4(2)3/h;(H2,1,2,3)/q+2;/p-2. The Morgan fingerprint density at radius 2 is 1.40 bits per heavy atom. The molecule has 34 valence electrons. The van der Waals surface area contributed by atoms with Crippen LogP contribution in [0.15, 0.2) is 0 Å². The molecule has 5 heteroatoms. The van der Waals surface area contributed by atoms with Gasteiger partial charge in [0.1, 0.15) is 0 Å². The summed E-state index contributed by atoms with van der Waals surface area (Å²) < 4.78 is 25.6. The summed E-state index contributed by atoms with van der Waals surface area (Å²) in [4.78, 5) is 0. The predicted molar refractivity (Wildman–Crippen MR) is 6.44 cm³/mol. The molecule has 0 saturated carbocycles. The van der Waals surface area contributed by atoms with E-state index in [4.69, 9.17) is 12.2 Å². The molecular weight excluding hydrogens is 186 g/mol. The van der Waals surface area contributed by atoms with Crippen molar-refractivity contribution in [2.75, 3.05) is 0 Å². The van der Waals surface area contributed by atoms with Crippen molar-refractivity contribution in [1.82, 2.24) is 0 Å². The Kier molecular flexibility index (Phi) is 8.72. The van der Waals surface area contributed by atoms with Crippen molar-refractivity contribution < 1.29 is 28.7 Å². The second-order valence-corrected chi connectivity index (χ2v) is 1.06. The number of rotatable bonds is 0. The Morgan fingerprint density at radius 3 is 1.40 bits per heavy atom. The van der Waals surface area contributed by atoms with Crippen molar-refractivity contribution in [3.63, 3.8) is 0 Å². The summed E-state index contributed by atoms with van der Waals surface area (Å²) in [5.74, 6) is 0. The largest absolute Gasteiger partial charge is 2.00 e. The average Bonchev–Trinajstić information content (AvgIpc) is 0.811. The van der Waals surface area contributed by atoms with Crippen LogP contribution in [0.2, 0.25) is 0 Å². The first kappa shape index (κ1) is 9.22. The van der Waals surface area contributed by atoms with E-state index in [-0.39, 0.29) is 16.5 Å². The van der Waals surface area contributed by atoms with Gasteiger partial charge in [-0.2, -0.15) is 0 Å². The molecule has 0 unspecified atom stereocenters. The molecule has 0 N–H and O–H groups in total. The topological polar surface area (TPSA) is 63.2 Å². The predicted octanol–water partition coefficient (Wildman–Crippen LogP) is -2.88. The summed E-state index contributed by atoms with van der Waals surface area (Å²) in [6, 6.07) is 0. The van der Waals surface area contributed by atoms with Gasteiger partial charge in [0, 0.05) is 0 Å². The van der Waals surface area contributed by atoms with Gasteiger partial charge >= 0.3 is 43.2 Å². The molecule has 0 amide bonds. The molecule has 0 rings (SSSR count). The molecular formula is NiO3Se. The zero-order valence-electron chi connectivity index (χ0n) is 1.95. The minimum atomic E-state index is -3.79. The quantitative estimate of drug-likeness (QED) is 0.381. The van der Waals surface area contributed by atoms with Crippen LogP contribution < -0.4 is 8.38 Å². The molecule has 3 nitrogen and oxygen atoms in total. The summed E-state index contributed by atoms with van der Waals surface area (Å²) in [7, 11) is 0. The van der Waals surface area contributed by atoms with Crippen LogP contribution in [0.4, 0.5) is 0 Å². The molecule has 0 bridgehead atoms. The number of hydrogen-bond donors (Lipinski definition) is 0. The molecule has 0 aromatic rings. The van der Waals surface area contributed by atoms with Gasteiger partial charge in [0.05, 0.1) is 0 Å². The molecule has 0 aliphatic rings. The molecule has 0 aliphatic heterocycles. The van der Waals surface area contributed by atoms with Crippen molar-refractivity contribution in [2.45, 2.75) is 0 Å². The average molecular weight is 186 g/mol. The van der Waals surface area contributed by atoms with E-state index in [2.05, 4.69) is 0 Å². The van der Waals surface area contributed by atoms with Gasteiger partial charge in [0.15, 0.2) is 0 Å². The van der Waals surface area contributed by atoms with E-state index in [1.807, 2.05) is 0 Å². The second-order valence-electron chi connectivity index (χ2n) is 0.204. The molecule has 0 aromatic heterocycles. The maximum Gasteiger partial charge on any atom is 2.00 e. The Balaban J connectivity index is 0. The zero-order valence-corrected chi connectivity index (χ0v) is 4.65. The monoisotopic (exact) mass is 186 g/mol. The van der Waals surface area contributed by atoms with Gasteiger partial charge in [0.2, 0.25) is 0 Å². The molecule has 0 radical (unpaired) electrons. The van der Waals surface area contributed by atoms with E-state index in [0.29, 0.717) is 0 Å². The summed E-state index contributed by atoms with van der Waals surface area (Å²) in [6.07, 6.45) is 0. The van der Waals surface area contributed by atoms with E-state index in [0.717, 1.165) is 0 Å². The third kappa shape index (κ3) is 65.8. The van der Waals surface area contributed by atoms with Crippen LogP contribution >= 0.6 is 0 Å². The molecule has 0 spiro atoms. The zero-order chi connectivity index (χ0) is 3.58. The van der Waals surface area contributed by atoms with Crippen molar-refractivity contribution in [3.8, 4) is 0 Å². The summed E-state index contributed by atoms with van der Waals surface area (Å²) >= 11 is -3.79. The third-order valence-electron chi connectivity index (χ3n) is 0. The normalized spacial score (nSPS) is 7.00. The summed E-state index contributed by atoms with van der Waals surface area (Å²) in [5.41, 5.74) is 0. The van der Waals surface area contributed by atoms with Crippen LogP contribution in [0.1, 0.15) is 0 Å². The van der Waals surface area contributed by atoms with Gasteiger partial charge in [-0.15, -0.1) is 0 Å². The summed E-state index contributed by atoms with van der Waals surface area (Å²) in [5, 5.41) is 0. The van der Waals surface area contributed by atoms with Crippen molar-refractivity contribution in [2.24, 2.45) is 0 Å². The first-order valence-corrected chi connectivity index (χ1v) is 2.60. The fourth-order valence-electron chi connectivity index (χ4n) is 0. The van der Waals surface area contributed by atoms with Crippen molar-refractivity contribution in [1.29, 1.82) is 0 Å². The van der Waals surface area contributed by atoms with E-state index < -0.39 is 14.5 Å². The minimum Gasteiger partial charge on any atom is 2.00 e. The molecule has 0 aromatic carbocycles. The molecule has 0 fully saturated rings. The molecule has 0 saturated heterocycles. The maximum absolute atomic E-state index is 8.54. The van der Waals surface area contributed by atoms with Crippen LogP contribution in [0.3, 0.4) is 0 Å². The smallest absolute Gasteiger partial charge is 2.00 e. The Bertz CT molecular complexity index is 29.9. The van der Waals surface area contributed by atoms with Crippen molar-refractivity contribution in [3.05, 3.63) is 0 Å². The Morgan fingerprint density at radius 1 is 1.40 bits per heavy atom. The van der Waals surface area contributed by atoms with Crippen LogP contribution in [-0.4, -0.2) is 14.5 Å². The molecule has 0 aliphatic carbocycles. The van der Waals surface area contributed by atoms with E-state index in [1.165, 1.54) is 0 Å². The molecule has 0 atom stereocenters. The van der Waals surface area contributed by atoms with Crippen LogP contribution in [0.5, 0.6) is 0 Å². The SMILES string of the molecule is O=[Se]([O-])[O-].[Ni+2]. The Hall–Kier alpha value is 0.733. The van der Waals surface area contributed by atoms with Gasteiger partial charge in [-0.3, -0.25) is 0 Å². The van der Waals surface area contributed by atoms with Gasteiger partial charge in [-0.05, 0) is 0 Å². The van der Waals surface area contributed by atoms with Gasteiger partial charge in [-0.1, -0.05) is 0 Å². The van der Waals surface area contributed by atoms with E-state index in [9.17, 15) is 0 Å². The van der Waals surface area contributed by atoms with E-state index in [1.54, 1.807) is 0 Å². The maximum atomic E-state index is 8.54. The fourth-order valence-corrected chi connectivity index (χ4v) is 0. The van der Waals surface area contributed by atoms with Gasteiger partial charge in [-0.25, -0.2) is 0 Å². The minimum absolute atomic E-state index is 0. The van der Waals surface area contributed by atoms with E-state index >= 15 is 0 Å². The fraction of sp³-hybridized carbons (Fsp3) is 0. The van der Waals surface area contributed by atoms with Crippen molar-refractivity contribution >= 4 is 14.5 Å². The molecule has 5 heavy (non-hydrogen) atoms. The van der Waals surface area contributed by atoms with Crippen LogP contribution in [0.25, 0.3) is 0 Å². The third-order valence-corrected chi connectivity index (χ3v) is 0. The molecule has 0 heterocycles. The number of hydrogen-bond acceptors (Lipinski definition) is 3. The second kappa shape index (κ2) is 4.73. The van der Waals surface area contributed by atoms with Crippen LogP contribution in [-0.2, 0) is 20.3 Å². The van der Waals surface area contributed by atoms with Crippen LogP contribution in [0, 0.1) is 0 Å². The Labute approximate surface area is 43.7 Å². The summed E-state index contributed by atoms with van der Waals surface area (Å²) in [6.45, 7) is 0. The van der Waals surface area contributed by atoms with Gasteiger partial charge in [0.25, 0.3) is 0 Å². The van der Waals surface area contributed by atoms with Gasteiger partial charge < -0.3 is 0 Å². The first-order valence-electron chi connectivity index (χ1n) is 0.500. The first-order chi connectivity index (χ1) is 1.73.